The van der Waals surface area contributed by atoms with Crippen LogP contribution in [0, 0.1) is 5.92 Å². The molecule has 1 heterocycles. The molecule has 11 nitrogen and oxygen atoms in total. The van der Waals surface area contributed by atoms with Crippen molar-refractivity contribution >= 4 is 29.6 Å². The highest BCUT2D eigenvalue weighted by molar-refractivity contribution is 6.27. The molecule has 0 amide bonds. The van der Waals surface area contributed by atoms with E-state index in [9.17, 15) is 0 Å². The van der Waals surface area contributed by atoms with E-state index in [1.54, 1.807) is 0 Å². The Labute approximate surface area is 180 Å². The van der Waals surface area contributed by atoms with E-state index in [1.807, 2.05) is 0 Å². The van der Waals surface area contributed by atoms with Crippen LogP contribution in [0.5, 0.6) is 0 Å². The normalized spacial score (nSPS) is 16.8. The zero-order chi connectivity index (χ0) is 24.1. The smallest absolute Gasteiger partial charge is 0.414 e. The maximum absolute atomic E-state index is 9.10. The number of hydrogen-bond donors (Lipinski definition) is 5. The van der Waals surface area contributed by atoms with Gasteiger partial charge in [0, 0.05) is 44.0 Å². The van der Waals surface area contributed by atoms with E-state index in [-0.39, 0.29) is 6.04 Å². The number of hydrogen-bond acceptors (Lipinski definition) is 7. The van der Waals surface area contributed by atoms with Crippen molar-refractivity contribution in [2.24, 2.45) is 11.7 Å². The number of carboxylic acids is 4. The van der Waals surface area contributed by atoms with E-state index >= 15 is 0 Å². The van der Waals surface area contributed by atoms with E-state index in [0.29, 0.717) is 12.0 Å². The van der Waals surface area contributed by atoms with Crippen LogP contribution in [0.15, 0.2) is 30.3 Å². The van der Waals surface area contributed by atoms with Gasteiger partial charge in [-0.25, -0.2) is 19.2 Å². The summed E-state index contributed by atoms with van der Waals surface area (Å²) in [5.41, 5.74) is 7.32. The van der Waals surface area contributed by atoms with Crippen molar-refractivity contribution in [2.45, 2.75) is 32.9 Å². The molecule has 1 aromatic rings. The first-order valence-corrected chi connectivity index (χ1v) is 9.58. The number of piperazine rings is 1. The van der Waals surface area contributed by atoms with Crippen molar-refractivity contribution in [1.29, 1.82) is 0 Å². The third-order valence-electron chi connectivity index (χ3n) is 4.31. The number of rotatable bonds is 4. The fourth-order valence-electron chi connectivity index (χ4n) is 2.95. The summed E-state index contributed by atoms with van der Waals surface area (Å²) in [6.45, 7) is 11.0. The molecule has 1 fully saturated rings. The van der Waals surface area contributed by atoms with Gasteiger partial charge in [0.15, 0.2) is 0 Å². The third-order valence-corrected chi connectivity index (χ3v) is 4.31. The Kier molecular flexibility index (Phi) is 12.5. The molecule has 2 rings (SSSR count). The van der Waals surface area contributed by atoms with Gasteiger partial charge in [-0.3, -0.25) is 4.90 Å². The second-order valence-electron chi connectivity index (χ2n) is 7.29. The summed E-state index contributed by atoms with van der Waals surface area (Å²) in [4.78, 5) is 41.5. The van der Waals surface area contributed by atoms with Gasteiger partial charge in [-0.05, 0) is 25.0 Å². The van der Waals surface area contributed by atoms with Crippen LogP contribution in [-0.2, 0) is 19.2 Å². The molecule has 174 valence electrons. The lowest BCUT2D eigenvalue weighted by Gasteiger charge is -2.45. The average molecular weight is 441 g/mol. The third kappa shape index (κ3) is 11.6. The predicted molar refractivity (Wildman–Crippen MR) is 113 cm³/mol. The molecule has 11 heteroatoms. The van der Waals surface area contributed by atoms with Gasteiger partial charge in [0.25, 0.3) is 0 Å². The van der Waals surface area contributed by atoms with Crippen molar-refractivity contribution in [3.63, 3.8) is 0 Å². The Morgan fingerprint density at radius 3 is 1.71 bits per heavy atom. The van der Waals surface area contributed by atoms with Gasteiger partial charge in [-0.1, -0.05) is 32.0 Å². The molecule has 31 heavy (non-hydrogen) atoms. The summed E-state index contributed by atoms with van der Waals surface area (Å²) < 4.78 is 0. The van der Waals surface area contributed by atoms with Crippen LogP contribution in [-0.4, -0.2) is 87.5 Å². The number of anilines is 1. The number of nitrogens with two attached hydrogens (primary N) is 1. The van der Waals surface area contributed by atoms with Crippen molar-refractivity contribution in [2.75, 3.05) is 31.1 Å². The van der Waals surface area contributed by atoms with Crippen molar-refractivity contribution in [3.05, 3.63) is 30.3 Å². The van der Waals surface area contributed by atoms with Gasteiger partial charge in [0.2, 0.25) is 0 Å². The Bertz CT molecular complexity index is 676. The monoisotopic (exact) mass is 441 g/mol. The summed E-state index contributed by atoms with van der Waals surface area (Å²) in [6, 6.07) is 11.6. The maximum atomic E-state index is 9.10. The first kappa shape index (κ1) is 27.8. The molecule has 2 unspecified atom stereocenters. The van der Waals surface area contributed by atoms with Crippen LogP contribution >= 0.6 is 0 Å². The van der Waals surface area contributed by atoms with Crippen LogP contribution < -0.4 is 10.6 Å². The standard InChI is InChI=1S/C16H27N3.2C2H2O4/c1-13(2)16-12-18(15-7-5-4-6-8-15)9-10-19(16)11-14(3)17;2*3-1(4)2(5)6/h4-8,13-14,16H,9-12,17H2,1-3H3;2*(H,3,4)(H,5,6). The Hall–Kier alpha value is -3.18. The predicted octanol–water partition coefficient (Wildman–Crippen LogP) is 0.492. The molecule has 0 bridgehead atoms. The van der Waals surface area contributed by atoms with Gasteiger partial charge in [-0.15, -0.1) is 0 Å². The van der Waals surface area contributed by atoms with Crippen LogP contribution in [0.4, 0.5) is 5.69 Å². The van der Waals surface area contributed by atoms with Gasteiger partial charge >= 0.3 is 23.9 Å². The molecule has 0 aliphatic carbocycles. The number of carboxylic acid groups (broad SMARTS) is 4. The summed E-state index contributed by atoms with van der Waals surface area (Å²) >= 11 is 0. The van der Waals surface area contributed by atoms with Gasteiger partial charge in [-0.2, -0.15) is 0 Å². The lowest BCUT2D eigenvalue weighted by Crippen LogP contribution is -2.57. The Balaban J connectivity index is 0.000000620. The average Bonchev–Trinajstić information content (AvgIpc) is 2.69. The minimum Gasteiger partial charge on any atom is -0.473 e. The molecule has 0 spiro atoms. The number of para-hydroxylation sites is 1. The fraction of sp³-hybridized carbons (Fsp3) is 0.500. The minimum atomic E-state index is -1.82. The number of benzene rings is 1. The van der Waals surface area contributed by atoms with E-state index < -0.39 is 23.9 Å². The molecule has 1 aliphatic heterocycles. The molecule has 0 radical (unpaired) electrons. The van der Waals surface area contributed by atoms with E-state index in [0.717, 1.165) is 26.2 Å². The highest BCUT2D eigenvalue weighted by Gasteiger charge is 2.29. The van der Waals surface area contributed by atoms with Crippen LogP contribution in [0.3, 0.4) is 0 Å². The Morgan fingerprint density at radius 2 is 1.35 bits per heavy atom. The van der Waals surface area contributed by atoms with Crippen LogP contribution in [0.2, 0.25) is 0 Å². The zero-order valence-corrected chi connectivity index (χ0v) is 17.8. The van der Waals surface area contributed by atoms with Crippen LogP contribution in [0.1, 0.15) is 20.8 Å². The molecule has 1 aromatic carbocycles. The topological polar surface area (TPSA) is 182 Å². The molecular formula is C20H31N3O8. The summed E-state index contributed by atoms with van der Waals surface area (Å²) in [5, 5.41) is 29.6. The molecule has 0 aromatic heterocycles. The van der Waals surface area contributed by atoms with Crippen molar-refractivity contribution < 1.29 is 39.6 Å². The fourth-order valence-corrected chi connectivity index (χ4v) is 2.95. The molecular weight excluding hydrogens is 410 g/mol. The minimum absolute atomic E-state index is 0.254. The summed E-state index contributed by atoms with van der Waals surface area (Å²) in [7, 11) is 0. The summed E-state index contributed by atoms with van der Waals surface area (Å²) in [5.74, 6) is -6.64. The van der Waals surface area contributed by atoms with E-state index in [4.69, 9.17) is 45.3 Å². The van der Waals surface area contributed by atoms with Crippen molar-refractivity contribution in [3.8, 4) is 0 Å². The van der Waals surface area contributed by atoms with Gasteiger partial charge in [0.05, 0.1) is 0 Å². The SMILES string of the molecule is CC(N)CN1CCN(c2ccccc2)CC1C(C)C.O=C(O)C(=O)O.O=C(O)C(=O)O. The quantitative estimate of drug-likeness (QED) is 0.410. The second-order valence-corrected chi connectivity index (χ2v) is 7.29. The largest absolute Gasteiger partial charge is 0.473 e. The number of carbonyl (C=O) groups is 4. The molecule has 2 atom stereocenters. The highest BCUT2D eigenvalue weighted by Crippen LogP contribution is 2.22. The van der Waals surface area contributed by atoms with E-state index in [2.05, 4.69) is 60.9 Å². The second kappa shape index (κ2) is 13.9. The number of aliphatic carboxylic acids is 4. The van der Waals surface area contributed by atoms with Gasteiger partial charge in [0.1, 0.15) is 0 Å². The zero-order valence-electron chi connectivity index (χ0n) is 17.8. The molecule has 1 saturated heterocycles. The first-order chi connectivity index (χ1) is 14.4. The van der Waals surface area contributed by atoms with Gasteiger partial charge < -0.3 is 31.1 Å². The summed E-state index contributed by atoms with van der Waals surface area (Å²) in [6.07, 6.45) is 0. The molecule has 1 aliphatic rings. The van der Waals surface area contributed by atoms with E-state index in [1.165, 1.54) is 5.69 Å². The van der Waals surface area contributed by atoms with Crippen LogP contribution in [0.25, 0.3) is 0 Å². The first-order valence-electron chi connectivity index (χ1n) is 9.58. The Morgan fingerprint density at radius 1 is 0.903 bits per heavy atom. The lowest BCUT2D eigenvalue weighted by molar-refractivity contribution is -0.159. The number of nitrogens with zero attached hydrogens (tertiary/aromatic N) is 2. The van der Waals surface area contributed by atoms with Crippen molar-refractivity contribution in [1.82, 2.24) is 4.90 Å². The maximum Gasteiger partial charge on any atom is 0.414 e. The highest BCUT2D eigenvalue weighted by atomic mass is 16.4. The lowest BCUT2D eigenvalue weighted by atomic mass is 9.98. The molecule has 0 saturated carbocycles. The molecule has 6 N–H and O–H groups in total.